The fraction of sp³-hybridized carbons (Fsp3) is 0.0959. The van der Waals surface area contributed by atoms with Crippen molar-refractivity contribution in [3.8, 4) is 56.5 Å². The minimum Gasteiger partial charge on any atom is -0.508 e. The minimum atomic E-state index is -0.483. The van der Waals surface area contributed by atoms with Crippen LogP contribution < -0.4 is 33.2 Å². The Morgan fingerprint density at radius 3 is 1.37 bits per heavy atom. The maximum atomic E-state index is 13.2. The monoisotopic (exact) mass is 1250 g/mol. The predicted molar refractivity (Wildman–Crippen MR) is 360 cm³/mol. The lowest BCUT2D eigenvalue weighted by Crippen LogP contribution is -2.22. The number of aromatic amines is 2. The number of aromatic hydroxyl groups is 2. The van der Waals surface area contributed by atoms with Crippen LogP contribution in [0.1, 0.15) is 76.5 Å². The number of rotatable bonds is 19. The number of para-hydroxylation sites is 4. The number of benzene rings is 8. The van der Waals surface area contributed by atoms with Crippen molar-refractivity contribution in [2.75, 3.05) is 17.7 Å². The first-order valence-electron chi connectivity index (χ1n) is 29.7. The molecule has 4 aromatic heterocycles. The van der Waals surface area contributed by atoms with Crippen LogP contribution in [0.2, 0.25) is 0 Å². The van der Waals surface area contributed by atoms with Crippen molar-refractivity contribution in [2.24, 2.45) is 17.2 Å². The fourth-order valence-electron chi connectivity index (χ4n) is 10.3. The molecule has 0 bridgehead atoms. The topological polar surface area (TPSA) is 349 Å². The maximum Gasteiger partial charge on any atom is 0.337 e. The Hall–Kier alpha value is -12.6. The van der Waals surface area contributed by atoms with E-state index in [-0.39, 0.29) is 42.1 Å². The Balaban J connectivity index is 0.000000179. The van der Waals surface area contributed by atoms with Crippen molar-refractivity contribution in [3.63, 3.8) is 0 Å². The number of aromatic nitrogens is 6. The minimum absolute atomic E-state index is 0.0624. The average Bonchev–Trinajstić information content (AvgIpc) is 1.16. The van der Waals surface area contributed by atoms with E-state index in [1.807, 2.05) is 79.1 Å². The van der Waals surface area contributed by atoms with Crippen molar-refractivity contribution in [2.45, 2.75) is 38.8 Å². The number of primary amides is 2. The molecule has 470 valence electrons. The van der Waals surface area contributed by atoms with Gasteiger partial charge in [-0.15, -0.1) is 20.4 Å². The fourth-order valence-corrected chi connectivity index (χ4v) is 10.3. The van der Waals surface area contributed by atoms with Crippen LogP contribution in [0.25, 0.3) is 66.8 Å². The van der Waals surface area contributed by atoms with Gasteiger partial charge in [-0.1, -0.05) is 97.1 Å². The van der Waals surface area contributed by atoms with Gasteiger partial charge in [0.1, 0.15) is 11.5 Å². The number of phenols is 2. The molecule has 0 aliphatic heterocycles. The summed E-state index contributed by atoms with van der Waals surface area (Å²) in [6.07, 6.45) is 4.63. The molecular weight excluding hydrogens is 1190 g/mol. The first-order chi connectivity index (χ1) is 45.6. The van der Waals surface area contributed by atoms with Gasteiger partial charge in [0.05, 0.1) is 46.8 Å². The van der Waals surface area contributed by atoms with Crippen LogP contribution in [0, 0.1) is 0 Å². The molecule has 0 aliphatic carbocycles. The van der Waals surface area contributed by atoms with Gasteiger partial charge in [-0.2, -0.15) is 0 Å². The largest absolute Gasteiger partial charge is 0.508 e. The summed E-state index contributed by atoms with van der Waals surface area (Å²) in [5.41, 5.74) is 29.3. The zero-order valence-corrected chi connectivity index (χ0v) is 50.8. The maximum absolute atomic E-state index is 13.2. The third kappa shape index (κ3) is 16.0. The molecule has 0 atom stereocenters. The van der Waals surface area contributed by atoms with E-state index in [1.54, 1.807) is 78.9 Å². The number of anilines is 2. The third-order valence-electron chi connectivity index (χ3n) is 15.2. The van der Waals surface area contributed by atoms with Crippen molar-refractivity contribution < 1.29 is 43.7 Å². The van der Waals surface area contributed by atoms with E-state index in [2.05, 4.69) is 58.4 Å². The zero-order valence-electron chi connectivity index (χ0n) is 50.8. The molecule has 4 heterocycles. The lowest BCUT2D eigenvalue weighted by Gasteiger charge is -2.14. The van der Waals surface area contributed by atoms with Gasteiger partial charge in [0, 0.05) is 99.1 Å². The summed E-state index contributed by atoms with van der Waals surface area (Å²) < 4.78 is 4.81. The molecule has 0 spiro atoms. The second kappa shape index (κ2) is 30.3. The summed E-state index contributed by atoms with van der Waals surface area (Å²) in [7, 11) is 1.31. The van der Waals surface area contributed by atoms with E-state index in [0.717, 1.165) is 22.0 Å². The lowest BCUT2D eigenvalue weighted by molar-refractivity contribution is -0.118. The van der Waals surface area contributed by atoms with Crippen LogP contribution >= 0.6 is 0 Å². The van der Waals surface area contributed by atoms with Crippen LogP contribution in [-0.2, 0) is 40.3 Å². The van der Waals surface area contributed by atoms with Crippen molar-refractivity contribution in [1.29, 1.82) is 0 Å². The number of nitrogens with one attached hydrogen (secondary N) is 5. The van der Waals surface area contributed by atoms with Crippen LogP contribution in [-0.4, -0.2) is 83.2 Å². The van der Waals surface area contributed by atoms with Gasteiger partial charge in [-0.25, -0.2) is 4.79 Å². The van der Waals surface area contributed by atoms with Gasteiger partial charge in [0.15, 0.2) is 0 Å². The highest BCUT2D eigenvalue weighted by Crippen LogP contribution is 2.34. The number of H-pyrrole nitrogens is 2. The third-order valence-corrected chi connectivity index (χ3v) is 15.2. The second-order valence-electron chi connectivity index (χ2n) is 21.5. The summed E-state index contributed by atoms with van der Waals surface area (Å²) in [5, 5.41) is 47.9. The highest BCUT2D eigenvalue weighted by atomic mass is 16.5. The van der Waals surface area contributed by atoms with Crippen LogP contribution in [0.4, 0.5) is 11.4 Å². The predicted octanol–water partition coefficient (Wildman–Crippen LogP) is 11.2. The first kappa shape index (κ1) is 64.4. The van der Waals surface area contributed by atoms with Crippen molar-refractivity contribution in [1.82, 2.24) is 35.7 Å². The van der Waals surface area contributed by atoms with Crippen molar-refractivity contribution >= 4 is 68.7 Å². The number of ether oxygens (including phenoxy) is 1. The molecule has 12 aromatic rings. The molecule has 0 aliphatic rings. The molecule has 0 fully saturated rings. The summed E-state index contributed by atoms with van der Waals surface area (Å²) in [5.74, 6) is -2.24. The van der Waals surface area contributed by atoms with Gasteiger partial charge in [-0.05, 0) is 144 Å². The summed E-state index contributed by atoms with van der Waals surface area (Å²) in [4.78, 5) is 80.6. The zero-order chi connectivity index (χ0) is 66.1. The Bertz CT molecular complexity index is 4740. The molecule has 0 radical (unpaired) electrons. The summed E-state index contributed by atoms with van der Waals surface area (Å²) in [6, 6.07) is 59.7. The van der Waals surface area contributed by atoms with E-state index in [4.69, 9.17) is 21.9 Å². The summed E-state index contributed by atoms with van der Waals surface area (Å²) in [6.45, 7) is 0.956. The van der Waals surface area contributed by atoms with E-state index in [0.29, 0.717) is 116 Å². The molecule has 21 heteroatoms. The number of fused-ring (bicyclic) bond motifs is 2. The quantitative estimate of drug-likeness (QED) is 0.0337. The second-order valence-corrected chi connectivity index (χ2v) is 21.5. The number of hydrogen-bond acceptors (Lipinski definition) is 14. The SMILES string of the molecule is COC(=O)c1cccc(-c2nnc(-c3ccccc3NC(=O)c3ccc(O)cc3)cc2CCC(N)=O)c1.NC(=O)CCc1cc(-c2ccccc2NC(=O)c2ccc(O)cc2)nnc1-c1cccc(C(=O)NCc2c[nH]c3ccccc23)c1.NCc1c[nH]c2ccccc12. The number of methoxy groups -OCH3 is 1. The van der Waals surface area contributed by atoms with Crippen LogP contribution in [0.15, 0.2) is 219 Å². The number of amides is 5. The first-order valence-corrected chi connectivity index (χ1v) is 29.7. The average molecular weight is 1250 g/mol. The number of nitrogens with zero attached hydrogens (tertiary/aromatic N) is 4. The van der Waals surface area contributed by atoms with Crippen LogP contribution in [0.3, 0.4) is 0 Å². The Kier molecular flexibility index (Phi) is 20.7. The molecule has 94 heavy (non-hydrogen) atoms. The lowest BCUT2D eigenvalue weighted by atomic mass is 9.98. The number of carbonyl (C=O) groups excluding carboxylic acids is 6. The number of hydrogen-bond donors (Lipinski definition) is 10. The van der Waals surface area contributed by atoms with Crippen molar-refractivity contribution in [3.05, 3.63) is 263 Å². The van der Waals surface area contributed by atoms with E-state index in [9.17, 15) is 39.0 Å². The highest BCUT2D eigenvalue weighted by molar-refractivity contribution is 6.07. The number of nitrogens with two attached hydrogens (primary N) is 3. The smallest absolute Gasteiger partial charge is 0.337 e. The number of aryl methyl sites for hydroxylation is 2. The molecule has 21 nitrogen and oxygen atoms in total. The molecule has 0 saturated carbocycles. The Labute approximate surface area is 539 Å². The summed E-state index contributed by atoms with van der Waals surface area (Å²) >= 11 is 0. The normalized spacial score (nSPS) is 10.7. The molecule has 12 rings (SSSR count). The standard InChI is InChI=1S/C36H30N6O4.C28H24N4O5.C9H10N2/c37-33(44)17-14-24-19-32(29-9-2-4-11-31(29)40-36(46)22-12-15-27(43)16-13-22)41-42-34(24)23-6-5-7-25(18-23)35(45)39-21-26-20-38-30-10-3-1-8-28(26)30;1-37-28(36)20-6-4-5-18(15-20)26-19(11-14-25(29)34)16-24(31-32-26)22-7-2-3-8-23(22)30-27(35)17-9-12-21(33)13-10-17;10-5-7-6-11-9-4-2-1-3-8(7)9/h1-13,15-16,18-20,38,43H,14,17,21H2,(H2,37,44)(H,39,45)(H,40,46);2-10,12-13,15-16,33H,11,14H2,1H3,(H2,29,34)(H,30,35);1-4,6,11H,5,10H2. The van der Waals surface area contributed by atoms with Crippen LogP contribution in [0.5, 0.6) is 11.5 Å². The molecule has 5 amide bonds. The number of carbonyl (C=O) groups is 6. The molecule has 0 saturated heterocycles. The van der Waals surface area contributed by atoms with E-state index >= 15 is 0 Å². The van der Waals surface area contributed by atoms with E-state index in [1.165, 1.54) is 66.6 Å². The Morgan fingerprint density at radius 1 is 0.457 bits per heavy atom. The Morgan fingerprint density at radius 2 is 0.894 bits per heavy atom. The van der Waals surface area contributed by atoms with Gasteiger partial charge in [0.25, 0.3) is 17.7 Å². The van der Waals surface area contributed by atoms with Gasteiger partial charge in [0.2, 0.25) is 11.8 Å². The van der Waals surface area contributed by atoms with Gasteiger partial charge >= 0.3 is 5.97 Å². The molecule has 0 unspecified atom stereocenters. The van der Waals surface area contributed by atoms with Gasteiger partial charge in [-0.3, -0.25) is 24.0 Å². The highest BCUT2D eigenvalue weighted by Gasteiger charge is 2.20. The molecule has 13 N–H and O–H groups in total. The van der Waals surface area contributed by atoms with Gasteiger partial charge < -0.3 is 58.1 Å². The van der Waals surface area contributed by atoms with E-state index < -0.39 is 17.8 Å². The molecular formula is C73H64N12O9. The molecule has 8 aromatic carbocycles. The number of esters is 1. The number of phenolic OH excluding ortho intramolecular Hbond substituents is 2.